The lowest BCUT2D eigenvalue weighted by atomic mass is 10.0. The van der Waals surface area contributed by atoms with Gasteiger partial charge in [-0.3, -0.25) is 0 Å². The molecule has 2 fully saturated rings. The third-order valence-corrected chi connectivity index (χ3v) is 4.94. The van der Waals surface area contributed by atoms with Gasteiger partial charge in [-0.1, -0.05) is 6.42 Å². The molecule has 23 heavy (non-hydrogen) atoms. The van der Waals surface area contributed by atoms with Crippen LogP contribution in [0.3, 0.4) is 0 Å². The maximum absolute atomic E-state index is 10.3. The summed E-state index contributed by atoms with van der Waals surface area (Å²) in [7, 11) is 0. The normalized spacial score (nSPS) is 22.4. The minimum absolute atomic E-state index is 0.592. The van der Waals surface area contributed by atoms with Gasteiger partial charge in [0.05, 0.1) is 11.6 Å². The lowest BCUT2D eigenvalue weighted by Crippen LogP contribution is -2.50. The molecule has 0 aromatic heterocycles. The first-order chi connectivity index (χ1) is 11.3. The van der Waals surface area contributed by atoms with E-state index in [0.29, 0.717) is 17.4 Å². The molecule has 5 heteroatoms. The molecule has 1 aromatic carbocycles. The molecule has 2 heterocycles. The Morgan fingerprint density at radius 2 is 1.70 bits per heavy atom. The Morgan fingerprint density at radius 1 is 1.04 bits per heavy atom. The number of piperidine rings is 2. The van der Waals surface area contributed by atoms with Crippen molar-refractivity contribution in [1.29, 1.82) is 5.26 Å². The summed E-state index contributed by atoms with van der Waals surface area (Å²) in [5.41, 5.74) is 0.592. The second-order valence-corrected chi connectivity index (χ2v) is 6.44. The molecule has 124 valence electrons. The van der Waals surface area contributed by atoms with Crippen molar-refractivity contribution in [1.82, 2.24) is 9.80 Å². The van der Waals surface area contributed by atoms with Crippen LogP contribution in [0.25, 0.3) is 0 Å². The van der Waals surface area contributed by atoms with Crippen LogP contribution < -0.4 is 4.74 Å². The van der Waals surface area contributed by atoms with Gasteiger partial charge < -0.3 is 14.7 Å². The van der Waals surface area contributed by atoms with Crippen LogP contribution in [0.2, 0.25) is 0 Å². The van der Waals surface area contributed by atoms with E-state index < -0.39 is 6.41 Å². The summed E-state index contributed by atoms with van der Waals surface area (Å²) >= 11 is 0. The van der Waals surface area contributed by atoms with E-state index in [1.807, 2.05) is 4.90 Å². The first-order valence-corrected chi connectivity index (χ1v) is 8.59. The number of aliphatic hydroxyl groups is 1. The molecular weight excluding hydrogens is 290 g/mol. The van der Waals surface area contributed by atoms with Crippen LogP contribution in [0.4, 0.5) is 0 Å². The molecule has 2 aliphatic rings. The van der Waals surface area contributed by atoms with Gasteiger partial charge in [-0.25, -0.2) is 4.90 Å². The maximum Gasteiger partial charge on any atom is 0.259 e. The van der Waals surface area contributed by atoms with E-state index >= 15 is 0 Å². The topological polar surface area (TPSA) is 59.7 Å². The molecule has 1 atom stereocenters. The number of nitrogens with zero attached hydrogens (tertiary/aromatic N) is 3. The molecule has 1 N–H and O–H groups in total. The second-order valence-electron chi connectivity index (χ2n) is 6.44. The minimum atomic E-state index is -0.912. The summed E-state index contributed by atoms with van der Waals surface area (Å²) in [4.78, 5) is 4.60. The average molecular weight is 315 g/mol. The van der Waals surface area contributed by atoms with E-state index in [2.05, 4.69) is 11.0 Å². The first-order valence-electron chi connectivity index (χ1n) is 8.59. The van der Waals surface area contributed by atoms with E-state index in [4.69, 9.17) is 10.00 Å². The smallest absolute Gasteiger partial charge is 0.259 e. The lowest BCUT2D eigenvalue weighted by molar-refractivity contribution is -0.146. The van der Waals surface area contributed by atoms with Crippen LogP contribution in [0.1, 0.15) is 37.7 Å². The zero-order valence-electron chi connectivity index (χ0n) is 13.5. The third kappa shape index (κ3) is 4.23. The van der Waals surface area contributed by atoms with Crippen molar-refractivity contribution in [2.75, 3.05) is 26.2 Å². The fourth-order valence-electron chi connectivity index (χ4n) is 3.56. The number of likely N-dealkylation sites (tertiary alicyclic amines) is 2. The minimum Gasteiger partial charge on any atom is -0.451 e. The van der Waals surface area contributed by atoms with Crippen molar-refractivity contribution < 1.29 is 9.84 Å². The van der Waals surface area contributed by atoms with Gasteiger partial charge in [0, 0.05) is 19.1 Å². The second kappa shape index (κ2) is 7.78. The van der Waals surface area contributed by atoms with Crippen molar-refractivity contribution >= 4 is 0 Å². The van der Waals surface area contributed by atoms with Gasteiger partial charge in [0.2, 0.25) is 0 Å². The Balaban J connectivity index is 1.47. The van der Waals surface area contributed by atoms with E-state index in [0.717, 1.165) is 25.9 Å². The van der Waals surface area contributed by atoms with E-state index in [1.54, 1.807) is 24.3 Å². The maximum atomic E-state index is 10.3. The average Bonchev–Trinajstić information content (AvgIpc) is 2.63. The van der Waals surface area contributed by atoms with Gasteiger partial charge in [-0.05, 0) is 63.0 Å². The summed E-state index contributed by atoms with van der Waals surface area (Å²) in [6.45, 7) is 4.18. The quantitative estimate of drug-likeness (QED) is 0.863. The van der Waals surface area contributed by atoms with E-state index in [1.165, 1.54) is 32.4 Å². The summed E-state index contributed by atoms with van der Waals surface area (Å²) in [6, 6.07) is 9.58. The number of benzene rings is 1. The highest BCUT2D eigenvalue weighted by molar-refractivity contribution is 5.34. The summed E-state index contributed by atoms with van der Waals surface area (Å²) in [5.74, 6) is 0.592. The molecule has 0 radical (unpaired) electrons. The van der Waals surface area contributed by atoms with Crippen molar-refractivity contribution in [3.8, 4) is 11.8 Å². The van der Waals surface area contributed by atoms with Crippen LogP contribution in [-0.2, 0) is 0 Å². The molecule has 0 amide bonds. The number of hydrogen-bond acceptors (Lipinski definition) is 5. The Kier molecular flexibility index (Phi) is 5.50. The zero-order chi connectivity index (χ0) is 16.1. The molecule has 0 spiro atoms. The molecule has 2 aliphatic heterocycles. The molecule has 1 unspecified atom stereocenters. The monoisotopic (exact) mass is 315 g/mol. The fourth-order valence-corrected chi connectivity index (χ4v) is 3.56. The fraction of sp³-hybridized carbons (Fsp3) is 0.611. The number of rotatable bonds is 4. The molecule has 0 saturated carbocycles. The van der Waals surface area contributed by atoms with Crippen molar-refractivity contribution in [2.45, 2.75) is 44.6 Å². The Hall–Kier alpha value is -1.61. The highest BCUT2D eigenvalue weighted by Gasteiger charge is 2.28. The van der Waals surface area contributed by atoms with Crippen molar-refractivity contribution in [2.24, 2.45) is 0 Å². The Bertz CT molecular complexity index is 526. The largest absolute Gasteiger partial charge is 0.451 e. The highest BCUT2D eigenvalue weighted by Crippen LogP contribution is 2.22. The standard InChI is InChI=1S/C18H25N3O2/c19-14-15-4-6-17(7-5-15)23-18(22)21-12-8-16(9-13-21)20-10-2-1-3-11-20/h4-7,16,18,22H,1-3,8-13H2. The van der Waals surface area contributed by atoms with Crippen molar-refractivity contribution in [3.05, 3.63) is 29.8 Å². The van der Waals surface area contributed by atoms with Gasteiger partial charge in [0.25, 0.3) is 6.41 Å². The number of aliphatic hydroxyl groups excluding tert-OH is 1. The summed E-state index contributed by atoms with van der Waals surface area (Å²) < 4.78 is 5.59. The lowest BCUT2D eigenvalue weighted by Gasteiger charge is -2.41. The first kappa shape index (κ1) is 16.3. The van der Waals surface area contributed by atoms with Gasteiger partial charge in [-0.15, -0.1) is 0 Å². The van der Waals surface area contributed by atoms with Crippen LogP contribution >= 0.6 is 0 Å². The van der Waals surface area contributed by atoms with E-state index in [-0.39, 0.29) is 0 Å². The summed E-state index contributed by atoms with van der Waals surface area (Å²) in [5, 5.41) is 19.1. The van der Waals surface area contributed by atoms with Gasteiger partial charge in [0.15, 0.2) is 0 Å². The number of ether oxygens (including phenoxy) is 1. The highest BCUT2D eigenvalue weighted by atomic mass is 16.6. The summed E-state index contributed by atoms with van der Waals surface area (Å²) in [6.07, 6.45) is 5.29. The van der Waals surface area contributed by atoms with Gasteiger partial charge in [-0.2, -0.15) is 5.26 Å². The van der Waals surface area contributed by atoms with Gasteiger partial charge in [0.1, 0.15) is 5.75 Å². The molecule has 0 bridgehead atoms. The zero-order valence-corrected chi connectivity index (χ0v) is 13.5. The van der Waals surface area contributed by atoms with Crippen LogP contribution in [0.5, 0.6) is 5.75 Å². The van der Waals surface area contributed by atoms with Crippen LogP contribution in [0, 0.1) is 11.3 Å². The number of hydrogen-bond donors (Lipinski definition) is 1. The molecule has 3 rings (SSSR count). The molecule has 2 saturated heterocycles. The Labute approximate surface area is 138 Å². The molecular formula is C18H25N3O2. The van der Waals surface area contributed by atoms with E-state index in [9.17, 15) is 5.11 Å². The Morgan fingerprint density at radius 3 is 2.30 bits per heavy atom. The SMILES string of the molecule is N#Cc1ccc(OC(O)N2CCC(N3CCCCC3)CC2)cc1. The molecule has 5 nitrogen and oxygen atoms in total. The van der Waals surface area contributed by atoms with Crippen molar-refractivity contribution in [3.63, 3.8) is 0 Å². The van der Waals surface area contributed by atoms with Crippen LogP contribution in [-0.4, -0.2) is 53.5 Å². The van der Waals surface area contributed by atoms with Gasteiger partial charge >= 0.3 is 0 Å². The predicted molar refractivity (Wildman–Crippen MR) is 87.8 cm³/mol. The molecule has 1 aromatic rings. The number of nitriles is 1. The molecule has 0 aliphatic carbocycles. The third-order valence-electron chi connectivity index (χ3n) is 4.94. The predicted octanol–water partition coefficient (Wildman–Crippen LogP) is 2.16. The van der Waals surface area contributed by atoms with Crippen LogP contribution in [0.15, 0.2) is 24.3 Å².